The molecule has 1 N–H and O–H groups in total. The summed E-state index contributed by atoms with van der Waals surface area (Å²) in [5, 5.41) is 14.3. The normalized spacial score (nSPS) is 25.2. The number of phenolic OH excluding ortho intramolecular Hbond substituents is 1. The maximum atomic E-state index is 14.7. The van der Waals surface area contributed by atoms with Crippen LogP contribution in [0.5, 0.6) is 11.5 Å². The van der Waals surface area contributed by atoms with E-state index in [0.717, 1.165) is 32.7 Å². The van der Waals surface area contributed by atoms with Crippen molar-refractivity contribution in [3.63, 3.8) is 0 Å². The molecule has 0 aromatic heterocycles. The molecule has 1 aliphatic carbocycles. The number of hydrogen-bond donors (Lipinski definition) is 1. The Balaban J connectivity index is 1.24. The summed E-state index contributed by atoms with van der Waals surface area (Å²) in [5.41, 5.74) is 1.72. The molecule has 2 aliphatic heterocycles. The number of hydrogen-bond acceptors (Lipinski definition) is 5. The Morgan fingerprint density at radius 2 is 1.26 bits per heavy atom. The van der Waals surface area contributed by atoms with Gasteiger partial charge in [0.1, 0.15) is 11.5 Å². The summed E-state index contributed by atoms with van der Waals surface area (Å²) < 4.78 is 5.64. The first-order chi connectivity index (χ1) is 22.5. The van der Waals surface area contributed by atoms with Crippen molar-refractivity contribution in [2.75, 3.05) is 34.6 Å². The van der Waals surface area contributed by atoms with Crippen molar-refractivity contribution in [1.82, 2.24) is 0 Å². The van der Waals surface area contributed by atoms with Gasteiger partial charge in [-0.3, -0.25) is 14.4 Å². The number of fused-ring (bicyclic) bond motifs is 6. The van der Waals surface area contributed by atoms with Crippen molar-refractivity contribution in [3.05, 3.63) is 71.8 Å². The highest BCUT2D eigenvalue weighted by Gasteiger charge is 2.52. The minimum absolute atomic E-state index is 0.0524. The van der Waals surface area contributed by atoms with E-state index in [9.17, 15) is 19.5 Å². The SMILES string of the molecule is CC(=O)Oc1cc2c(c3ccccc13)[C@H](CCl)CN2C(=O)[C@]1(C)CCC[C@](C)(C(=O)N2C[C@@H](CCl)c3c2cc(O)c2ccccc32)C1. The lowest BCUT2D eigenvalue weighted by molar-refractivity contribution is -0.138. The van der Waals surface area contributed by atoms with Gasteiger partial charge in [-0.05, 0) is 41.2 Å². The van der Waals surface area contributed by atoms with E-state index in [0.29, 0.717) is 67.7 Å². The van der Waals surface area contributed by atoms with Crippen molar-refractivity contribution < 1.29 is 24.2 Å². The predicted molar refractivity (Wildman–Crippen MR) is 187 cm³/mol. The molecule has 0 unspecified atom stereocenters. The first-order valence-electron chi connectivity index (χ1n) is 16.2. The van der Waals surface area contributed by atoms with Crippen LogP contribution in [0.25, 0.3) is 21.5 Å². The van der Waals surface area contributed by atoms with Crippen LogP contribution in [-0.4, -0.2) is 47.7 Å². The van der Waals surface area contributed by atoms with Crippen molar-refractivity contribution in [1.29, 1.82) is 0 Å². The molecule has 9 heteroatoms. The highest BCUT2D eigenvalue weighted by molar-refractivity contribution is 6.19. The molecule has 244 valence electrons. The maximum absolute atomic E-state index is 14.7. The predicted octanol–water partition coefficient (Wildman–Crippen LogP) is 8.25. The van der Waals surface area contributed by atoms with Crippen LogP contribution in [0, 0.1) is 10.8 Å². The monoisotopic (exact) mass is 672 g/mol. The quantitative estimate of drug-likeness (QED) is 0.131. The van der Waals surface area contributed by atoms with Crippen LogP contribution in [0.3, 0.4) is 0 Å². The number of benzene rings is 4. The van der Waals surface area contributed by atoms with Gasteiger partial charge in [0.25, 0.3) is 0 Å². The number of carbonyl (C=O) groups is 3. The second-order valence-electron chi connectivity index (χ2n) is 14.0. The Morgan fingerprint density at radius 3 is 1.77 bits per heavy atom. The van der Waals surface area contributed by atoms with Crippen LogP contribution in [0.2, 0.25) is 0 Å². The molecule has 0 saturated heterocycles. The number of ether oxygens (including phenoxy) is 1. The van der Waals surface area contributed by atoms with E-state index in [1.165, 1.54) is 6.92 Å². The zero-order valence-corrected chi connectivity index (χ0v) is 28.3. The lowest BCUT2D eigenvalue weighted by atomic mass is 9.62. The molecule has 2 amide bonds. The molecule has 47 heavy (non-hydrogen) atoms. The van der Waals surface area contributed by atoms with Crippen LogP contribution in [-0.2, 0) is 14.4 Å². The summed E-state index contributed by atoms with van der Waals surface area (Å²) in [4.78, 5) is 45.0. The van der Waals surface area contributed by atoms with Crippen molar-refractivity contribution in [2.45, 2.75) is 58.3 Å². The minimum atomic E-state index is -0.825. The number of carbonyl (C=O) groups excluding carboxylic acids is 3. The standard InChI is InChI=1S/C38H38Cl2N2O5/c1-22(43)47-32-16-30-34(28-12-7-5-10-26(28)32)24(18-40)20-42(30)36(46)38(3)14-8-13-37(2,21-38)35(45)41-19-23(17-39)33-27-11-6-4-9-25(27)31(44)15-29(33)41/h4-7,9-12,15-16,23-24,44H,8,13-14,17-21H2,1-3H3/t23-,24-,37+,38-/m1/s1. The smallest absolute Gasteiger partial charge is 0.308 e. The van der Waals surface area contributed by atoms with Gasteiger partial charge in [0, 0.05) is 77.3 Å². The van der Waals surface area contributed by atoms with E-state index in [4.69, 9.17) is 27.9 Å². The van der Waals surface area contributed by atoms with Gasteiger partial charge in [0.2, 0.25) is 11.8 Å². The molecular formula is C38H38Cl2N2O5. The van der Waals surface area contributed by atoms with E-state index in [1.54, 1.807) is 21.9 Å². The third-order valence-corrected chi connectivity index (χ3v) is 11.4. The summed E-state index contributed by atoms with van der Waals surface area (Å²) >= 11 is 13.0. The van der Waals surface area contributed by atoms with Gasteiger partial charge in [0.15, 0.2) is 0 Å². The summed E-state index contributed by atoms with van der Waals surface area (Å²) in [5.74, 6) is 0.501. The Morgan fingerprint density at radius 1 is 0.787 bits per heavy atom. The number of nitrogens with zero attached hydrogens (tertiary/aromatic N) is 2. The fourth-order valence-corrected chi connectivity index (χ4v) is 9.14. The molecule has 4 aromatic rings. The molecule has 0 spiro atoms. The summed E-state index contributed by atoms with van der Waals surface area (Å²) in [6.45, 7) is 6.15. The van der Waals surface area contributed by atoms with Crippen LogP contribution in [0.4, 0.5) is 11.4 Å². The first-order valence-corrected chi connectivity index (χ1v) is 17.3. The van der Waals surface area contributed by atoms with Gasteiger partial charge in [-0.15, -0.1) is 23.2 Å². The lowest BCUT2D eigenvalue weighted by Gasteiger charge is -2.45. The Kier molecular flexibility index (Phi) is 7.91. The van der Waals surface area contributed by atoms with Crippen molar-refractivity contribution in [3.8, 4) is 11.5 Å². The number of phenols is 1. The van der Waals surface area contributed by atoms with E-state index in [1.807, 2.05) is 62.4 Å². The largest absolute Gasteiger partial charge is 0.507 e. The molecule has 1 saturated carbocycles. The molecule has 2 heterocycles. The maximum Gasteiger partial charge on any atom is 0.308 e. The van der Waals surface area contributed by atoms with Crippen molar-refractivity contribution >= 4 is 73.9 Å². The fraction of sp³-hybridized carbons (Fsp3) is 0.395. The molecule has 4 atom stereocenters. The average molecular weight is 674 g/mol. The number of rotatable bonds is 5. The Bertz CT molecular complexity index is 1960. The number of aromatic hydroxyl groups is 1. The number of esters is 1. The Labute approximate surface area is 284 Å². The van der Waals surface area contributed by atoms with Crippen LogP contribution in [0.15, 0.2) is 60.7 Å². The minimum Gasteiger partial charge on any atom is -0.507 e. The molecule has 7 rings (SSSR count). The topological polar surface area (TPSA) is 87.2 Å². The zero-order valence-electron chi connectivity index (χ0n) is 26.8. The molecule has 0 radical (unpaired) electrons. The first kappa shape index (κ1) is 31.8. The Hall–Kier alpha value is -3.81. The van der Waals surface area contributed by atoms with E-state index >= 15 is 0 Å². The van der Waals surface area contributed by atoms with E-state index in [2.05, 4.69) is 0 Å². The second kappa shape index (κ2) is 11.7. The summed E-state index contributed by atoms with van der Waals surface area (Å²) in [6.07, 6.45) is 2.37. The third kappa shape index (κ3) is 5.05. The highest BCUT2D eigenvalue weighted by Crippen LogP contribution is 2.54. The van der Waals surface area contributed by atoms with E-state index < -0.39 is 16.8 Å². The van der Waals surface area contributed by atoms with Crippen molar-refractivity contribution in [2.24, 2.45) is 10.8 Å². The van der Waals surface area contributed by atoms with Gasteiger partial charge in [0.05, 0.1) is 11.4 Å². The summed E-state index contributed by atoms with van der Waals surface area (Å²) in [7, 11) is 0. The van der Waals surface area contributed by atoms with Gasteiger partial charge in [-0.25, -0.2) is 0 Å². The van der Waals surface area contributed by atoms with Gasteiger partial charge < -0.3 is 19.6 Å². The summed E-state index contributed by atoms with van der Waals surface area (Å²) in [6, 6.07) is 18.9. The number of alkyl halides is 2. The molecular weight excluding hydrogens is 635 g/mol. The zero-order chi connectivity index (χ0) is 33.2. The van der Waals surface area contributed by atoms with E-state index in [-0.39, 0.29) is 29.4 Å². The van der Waals surface area contributed by atoms with Crippen LogP contribution < -0.4 is 14.5 Å². The molecule has 4 aromatic carbocycles. The number of amides is 2. The number of halogens is 2. The average Bonchev–Trinajstić information content (AvgIpc) is 3.62. The third-order valence-electron chi connectivity index (χ3n) is 10.7. The van der Waals surface area contributed by atoms with Crippen LogP contribution in [0.1, 0.15) is 69.4 Å². The molecule has 7 nitrogen and oxygen atoms in total. The molecule has 3 aliphatic rings. The van der Waals surface area contributed by atoms with Crippen LogP contribution >= 0.6 is 23.2 Å². The highest BCUT2D eigenvalue weighted by atomic mass is 35.5. The molecule has 1 fully saturated rings. The molecule has 0 bridgehead atoms. The fourth-order valence-electron chi connectivity index (χ4n) is 8.64. The van der Waals surface area contributed by atoms with Gasteiger partial charge >= 0.3 is 5.97 Å². The van der Waals surface area contributed by atoms with Gasteiger partial charge in [-0.2, -0.15) is 0 Å². The second-order valence-corrected chi connectivity index (χ2v) is 14.6. The lowest BCUT2D eigenvalue weighted by Crippen LogP contribution is -2.51. The number of anilines is 2. The van der Waals surface area contributed by atoms with Gasteiger partial charge in [-0.1, -0.05) is 68.8 Å².